The van der Waals surface area contributed by atoms with Crippen LogP contribution in [0.1, 0.15) is 44.2 Å². The molecule has 1 aromatic carbocycles. The van der Waals surface area contributed by atoms with E-state index in [1.165, 1.54) is 0 Å². The Hall–Kier alpha value is -1.17. The van der Waals surface area contributed by atoms with Crippen LogP contribution in [0.25, 0.3) is 0 Å². The molecule has 1 nitrogen and oxygen atoms in total. The topological polar surface area (TPSA) is 12.0 Å². The van der Waals surface area contributed by atoms with Crippen molar-refractivity contribution in [3.05, 3.63) is 35.4 Å². The molecular formula is C15H18F5N. The van der Waals surface area contributed by atoms with Crippen LogP contribution in [0, 0.1) is 17.6 Å². The van der Waals surface area contributed by atoms with Gasteiger partial charge in [-0.2, -0.15) is 13.2 Å². The number of benzene rings is 1. The second-order valence-corrected chi connectivity index (χ2v) is 5.64. The number of hydrogen-bond acceptors (Lipinski definition) is 1. The number of halogens is 5. The van der Waals surface area contributed by atoms with E-state index in [0.717, 1.165) is 18.2 Å². The Bertz CT molecular complexity index is 477. The Balaban J connectivity index is 1.93. The van der Waals surface area contributed by atoms with Gasteiger partial charge in [-0.05, 0) is 50.8 Å². The fourth-order valence-electron chi connectivity index (χ4n) is 2.88. The molecule has 1 saturated carbocycles. The summed E-state index contributed by atoms with van der Waals surface area (Å²) in [6.07, 6.45) is -3.18. The lowest BCUT2D eigenvalue weighted by Gasteiger charge is -2.32. The van der Waals surface area contributed by atoms with Gasteiger partial charge in [-0.1, -0.05) is 0 Å². The third kappa shape index (κ3) is 4.15. The van der Waals surface area contributed by atoms with E-state index < -0.39 is 29.8 Å². The van der Waals surface area contributed by atoms with Crippen molar-refractivity contribution in [3.8, 4) is 0 Å². The lowest BCUT2D eigenvalue weighted by Crippen LogP contribution is -2.38. The summed E-state index contributed by atoms with van der Waals surface area (Å²) in [4.78, 5) is 0. The van der Waals surface area contributed by atoms with Crippen LogP contribution in [-0.2, 0) is 0 Å². The highest BCUT2D eigenvalue weighted by molar-refractivity contribution is 5.22. The van der Waals surface area contributed by atoms with E-state index in [1.54, 1.807) is 6.92 Å². The van der Waals surface area contributed by atoms with Crippen LogP contribution in [0.5, 0.6) is 0 Å². The summed E-state index contributed by atoms with van der Waals surface area (Å²) in [5.41, 5.74) is 0.202. The first kappa shape index (κ1) is 16.2. The fourth-order valence-corrected chi connectivity index (χ4v) is 2.88. The first-order valence-corrected chi connectivity index (χ1v) is 7.05. The van der Waals surface area contributed by atoms with Crippen LogP contribution < -0.4 is 5.32 Å². The Kier molecular flexibility index (Phi) is 4.86. The molecular weight excluding hydrogens is 289 g/mol. The van der Waals surface area contributed by atoms with Crippen molar-refractivity contribution in [3.63, 3.8) is 0 Å². The van der Waals surface area contributed by atoms with Crippen LogP contribution in [0.3, 0.4) is 0 Å². The molecule has 21 heavy (non-hydrogen) atoms. The monoisotopic (exact) mass is 307 g/mol. The largest absolute Gasteiger partial charge is 0.391 e. The Morgan fingerprint density at radius 2 is 1.71 bits per heavy atom. The van der Waals surface area contributed by atoms with E-state index in [-0.39, 0.29) is 24.4 Å². The predicted octanol–water partition coefficient (Wildman–Crippen LogP) is 4.74. The summed E-state index contributed by atoms with van der Waals surface area (Å²) < 4.78 is 64.5. The lowest BCUT2D eigenvalue weighted by molar-refractivity contribution is -0.182. The molecule has 1 N–H and O–H groups in total. The van der Waals surface area contributed by atoms with Gasteiger partial charge >= 0.3 is 6.18 Å². The molecule has 2 rings (SSSR count). The smallest absolute Gasteiger partial charge is 0.307 e. The SMILES string of the molecule is CC(NC1CCC(C(F)(F)F)CC1)c1cc(F)ccc1F. The molecule has 0 aliphatic heterocycles. The second-order valence-electron chi connectivity index (χ2n) is 5.64. The van der Waals surface area contributed by atoms with Crippen LogP contribution in [0.15, 0.2) is 18.2 Å². The average Bonchev–Trinajstić information content (AvgIpc) is 2.41. The van der Waals surface area contributed by atoms with Crippen LogP contribution >= 0.6 is 0 Å². The molecule has 1 atom stereocenters. The maximum Gasteiger partial charge on any atom is 0.391 e. The van der Waals surface area contributed by atoms with Gasteiger partial charge in [0.25, 0.3) is 0 Å². The summed E-state index contributed by atoms with van der Waals surface area (Å²) >= 11 is 0. The maximum atomic E-state index is 13.6. The van der Waals surface area contributed by atoms with E-state index in [0.29, 0.717) is 12.8 Å². The van der Waals surface area contributed by atoms with Crippen molar-refractivity contribution >= 4 is 0 Å². The summed E-state index contributed by atoms with van der Waals surface area (Å²) in [6.45, 7) is 1.69. The molecule has 0 heterocycles. The van der Waals surface area contributed by atoms with E-state index in [1.807, 2.05) is 0 Å². The molecule has 6 heteroatoms. The van der Waals surface area contributed by atoms with E-state index in [2.05, 4.69) is 5.32 Å². The molecule has 118 valence electrons. The minimum atomic E-state index is -4.13. The fraction of sp³-hybridized carbons (Fsp3) is 0.600. The van der Waals surface area contributed by atoms with Crippen molar-refractivity contribution in [2.45, 2.75) is 50.9 Å². The van der Waals surface area contributed by atoms with Crippen molar-refractivity contribution in [2.24, 2.45) is 5.92 Å². The van der Waals surface area contributed by atoms with E-state index >= 15 is 0 Å². The minimum Gasteiger partial charge on any atom is -0.307 e. The summed E-state index contributed by atoms with van der Waals surface area (Å²) in [6, 6.07) is 2.69. The number of alkyl halides is 3. The summed E-state index contributed by atoms with van der Waals surface area (Å²) in [5.74, 6) is -2.28. The first-order valence-electron chi connectivity index (χ1n) is 7.05. The highest BCUT2D eigenvalue weighted by Gasteiger charge is 2.41. The van der Waals surface area contributed by atoms with Gasteiger partial charge in [0.1, 0.15) is 11.6 Å². The van der Waals surface area contributed by atoms with Crippen molar-refractivity contribution in [1.82, 2.24) is 5.32 Å². The summed E-state index contributed by atoms with van der Waals surface area (Å²) in [5, 5.41) is 3.10. The van der Waals surface area contributed by atoms with Gasteiger partial charge < -0.3 is 5.32 Å². The zero-order valence-corrected chi connectivity index (χ0v) is 11.7. The van der Waals surface area contributed by atoms with Gasteiger partial charge in [-0.3, -0.25) is 0 Å². The quantitative estimate of drug-likeness (QED) is 0.796. The van der Waals surface area contributed by atoms with Gasteiger partial charge in [-0.15, -0.1) is 0 Å². The zero-order valence-electron chi connectivity index (χ0n) is 11.7. The molecule has 1 aliphatic carbocycles. The molecule has 1 aliphatic rings. The number of hydrogen-bond donors (Lipinski definition) is 1. The molecule has 0 amide bonds. The van der Waals surface area contributed by atoms with Gasteiger partial charge in [0.15, 0.2) is 0 Å². The average molecular weight is 307 g/mol. The highest BCUT2D eigenvalue weighted by Crippen LogP contribution is 2.38. The lowest BCUT2D eigenvalue weighted by atomic mass is 9.85. The molecule has 1 fully saturated rings. The van der Waals surface area contributed by atoms with Gasteiger partial charge in [0.05, 0.1) is 5.92 Å². The highest BCUT2D eigenvalue weighted by atomic mass is 19.4. The van der Waals surface area contributed by atoms with Crippen molar-refractivity contribution in [2.75, 3.05) is 0 Å². The summed E-state index contributed by atoms with van der Waals surface area (Å²) in [7, 11) is 0. The molecule has 0 aromatic heterocycles. The number of rotatable bonds is 3. The van der Waals surface area contributed by atoms with Gasteiger partial charge in [-0.25, -0.2) is 8.78 Å². The normalized spacial score (nSPS) is 24.9. The van der Waals surface area contributed by atoms with E-state index in [4.69, 9.17) is 0 Å². The van der Waals surface area contributed by atoms with Gasteiger partial charge in [0.2, 0.25) is 0 Å². The molecule has 0 spiro atoms. The van der Waals surface area contributed by atoms with Crippen molar-refractivity contribution in [1.29, 1.82) is 0 Å². The minimum absolute atomic E-state index is 0.0829. The van der Waals surface area contributed by atoms with E-state index in [9.17, 15) is 22.0 Å². The van der Waals surface area contributed by atoms with Crippen LogP contribution in [-0.4, -0.2) is 12.2 Å². The first-order chi connectivity index (χ1) is 9.77. The molecule has 0 saturated heterocycles. The maximum absolute atomic E-state index is 13.6. The van der Waals surface area contributed by atoms with Crippen molar-refractivity contribution < 1.29 is 22.0 Å². The standard InChI is InChI=1S/C15H18F5N/c1-9(13-8-11(16)4-7-14(13)17)21-12-5-2-10(3-6-12)15(18,19)20/h4,7-10,12,21H,2-3,5-6H2,1H3. The third-order valence-corrected chi connectivity index (χ3v) is 4.10. The van der Waals surface area contributed by atoms with Crippen LogP contribution in [0.2, 0.25) is 0 Å². The molecule has 0 radical (unpaired) electrons. The second kappa shape index (κ2) is 6.30. The Morgan fingerprint density at radius 3 is 2.29 bits per heavy atom. The Morgan fingerprint density at radius 1 is 1.10 bits per heavy atom. The zero-order chi connectivity index (χ0) is 15.6. The number of nitrogens with one attached hydrogen (secondary N) is 1. The molecule has 1 aromatic rings. The molecule has 1 unspecified atom stereocenters. The van der Waals surface area contributed by atoms with Crippen LogP contribution in [0.4, 0.5) is 22.0 Å². The Labute approximate surface area is 120 Å². The molecule has 0 bridgehead atoms. The third-order valence-electron chi connectivity index (χ3n) is 4.10. The van der Waals surface area contributed by atoms with Gasteiger partial charge in [0, 0.05) is 17.6 Å². The predicted molar refractivity (Wildman–Crippen MR) is 69.7 cm³/mol.